The molecule has 0 fully saturated rings. The van der Waals surface area contributed by atoms with Crippen molar-refractivity contribution in [2.75, 3.05) is 5.33 Å². The Morgan fingerprint density at radius 3 is 2.40 bits per heavy atom. The molecule has 20 heavy (non-hydrogen) atoms. The van der Waals surface area contributed by atoms with E-state index in [2.05, 4.69) is 58.4 Å². The summed E-state index contributed by atoms with van der Waals surface area (Å²) in [5.74, 6) is 0. The Bertz CT molecular complexity index is 567. The fourth-order valence-corrected chi connectivity index (χ4v) is 3.15. The number of unbranched alkanes of at least 4 members (excludes halogenated alkanes) is 1. The third-order valence-electron chi connectivity index (χ3n) is 3.71. The third-order valence-corrected chi connectivity index (χ3v) is 4.27. The van der Waals surface area contributed by atoms with Crippen LogP contribution in [0, 0.1) is 0 Å². The summed E-state index contributed by atoms with van der Waals surface area (Å²) in [7, 11) is 0. The van der Waals surface area contributed by atoms with Crippen molar-refractivity contribution in [2.45, 2.75) is 25.7 Å². The van der Waals surface area contributed by atoms with Gasteiger partial charge in [0.15, 0.2) is 0 Å². The zero-order valence-corrected chi connectivity index (χ0v) is 12.0. The zero-order valence-electron chi connectivity index (χ0n) is 10.5. The van der Waals surface area contributed by atoms with E-state index in [1.54, 1.807) is 0 Å². The Morgan fingerprint density at radius 1 is 0.850 bits per heavy atom. The molecule has 96 valence electrons. The van der Waals surface area contributed by atoms with Gasteiger partial charge in [-0.25, -0.2) is 0 Å². The van der Waals surface area contributed by atoms with Crippen molar-refractivity contribution in [3.63, 3.8) is 0 Å². The molecule has 3 rings (SSSR count). The number of aryl methyl sites for hydroxylation is 1. The molecule has 2 aromatic rings. The molecule has 0 unspecified atom stereocenters. The van der Waals surface area contributed by atoms with E-state index in [1.807, 2.05) is 0 Å². The van der Waals surface area contributed by atoms with Crippen LogP contribution in [-0.4, -0.2) is 108 Å². The summed E-state index contributed by atoms with van der Waals surface area (Å²) >= 11 is 3.49. The molecule has 1 aliphatic rings. The van der Waals surface area contributed by atoms with Crippen LogP contribution in [-0.2, 0) is 12.8 Å². The molecule has 0 spiro atoms. The van der Waals surface area contributed by atoms with Gasteiger partial charge in [-0.2, -0.15) is 0 Å². The van der Waals surface area contributed by atoms with Gasteiger partial charge in [0.05, 0.1) is 0 Å². The predicted molar refractivity (Wildman–Crippen MR) is 95.7 cm³/mol. The van der Waals surface area contributed by atoms with E-state index < -0.39 is 0 Å². The normalized spacial score (nSPS) is 11.1. The van der Waals surface area contributed by atoms with E-state index in [1.165, 1.54) is 47.1 Å². The summed E-state index contributed by atoms with van der Waals surface area (Å²) in [5, 5.41) is 1.11. The molecular weight excluding hydrogens is 362 g/mol. The van der Waals surface area contributed by atoms with Crippen LogP contribution in [0.1, 0.15) is 29.5 Å². The first-order valence-corrected chi connectivity index (χ1v) is 7.76. The second-order valence-corrected chi connectivity index (χ2v) is 5.76. The summed E-state index contributed by atoms with van der Waals surface area (Å²) in [6.07, 6.45) is 4.83. The molecule has 3 heteroatoms. The van der Waals surface area contributed by atoms with Gasteiger partial charge in [-0.05, 0) is 53.5 Å². The van der Waals surface area contributed by atoms with E-state index in [0.717, 1.165) is 11.8 Å². The van der Waals surface area contributed by atoms with E-state index in [9.17, 15) is 0 Å². The van der Waals surface area contributed by atoms with Gasteiger partial charge in [0, 0.05) is 5.33 Å². The number of hydrogen-bond acceptors (Lipinski definition) is 0. The van der Waals surface area contributed by atoms with Gasteiger partial charge in [-0.3, -0.25) is 0 Å². The van der Waals surface area contributed by atoms with E-state index in [4.69, 9.17) is 0 Å². The van der Waals surface area contributed by atoms with Gasteiger partial charge < -0.3 is 0 Å². The van der Waals surface area contributed by atoms with Crippen molar-refractivity contribution in [1.82, 2.24) is 0 Å². The Kier molecular flexibility index (Phi) is 10.3. The zero-order chi connectivity index (χ0) is 12.4. The number of fused-ring (bicyclic) bond motifs is 3. The van der Waals surface area contributed by atoms with Gasteiger partial charge in [0.2, 0.25) is 0 Å². The maximum atomic E-state index is 3.49. The molecule has 0 atom stereocenters. The SMILES string of the molecule is BrCCCCc1ccc2c(c1)-c1ccccc1C2.[KH].[KH]. The average molecular weight is 381 g/mol. The van der Waals surface area contributed by atoms with Crippen LogP contribution < -0.4 is 0 Å². The predicted octanol–water partition coefficient (Wildman–Crippen LogP) is 3.68. The molecule has 0 bridgehead atoms. The summed E-state index contributed by atoms with van der Waals surface area (Å²) in [5.41, 5.74) is 7.34. The summed E-state index contributed by atoms with van der Waals surface area (Å²) in [6, 6.07) is 15.8. The summed E-state index contributed by atoms with van der Waals surface area (Å²) in [6.45, 7) is 0. The molecule has 0 N–H and O–H groups in total. The molecule has 0 radical (unpaired) electrons. The van der Waals surface area contributed by atoms with Crippen molar-refractivity contribution >= 4 is 119 Å². The van der Waals surface area contributed by atoms with Crippen molar-refractivity contribution in [3.05, 3.63) is 59.2 Å². The van der Waals surface area contributed by atoms with Crippen molar-refractivity contribution in [2.24, 2.45) is 0 Å². The number of alkyl halides is 1. The Hall–Kier alpha value is 2.19. The number of halogens is 1. The molecule has 0 saturated carbocycles. The van der Waals surface area contributed by atoms with Crippen LogP contribution in [0.15, 0.2) is 42.5 Å². The molecule has 0 nitrogen and oxygen atoms in total. The first-order valence-electron chi connectivity index (χ1n) is 6.64. The second-order valence-electron chi connectivity index (χ2n) is 4.97. The van der Waals surface area contributed by atoms with Crippen molar-refractivity contribution in [1.29, 1.82) is 0 Å². The van der Waals surface area contributed by atoms with E-state index >= 15 is 0 Å². The van der Waals surface area contributed by atoms with Gasteiger partial charge in [-0.15, -0.1) is 0 Å². The summed E-state index contributed by atoms with van der Waals surface area (Å²) < 4.78 is 0. The van der Waals surface area contributed by atoms with Crippen LogP contribution in [0.2, 0.25) is 0 Å². The number of rotatable bonds is 4. The molecule has 2 aromatic carbocycles. The Balaban J connectivity index is 0.000001000. The molecule has 0 amide bonds. The minimum atomic E-state index is 0. The molecule has 0 saturated heterocycles. The first-order chi connectivity index (χ1) is 8.88. The van der Waals surface area contributed by atoms with Crippen LogP contribution >= 0.6 is 15.9 Å². The van der Waals surface area contributed by atoms with Crippen molar-refractivity contribution in [3.8, 4) is 11.1 Å². The fraction of sp³-hybridized carbons (Fsp3) is 0.294. The molecule has 0 aliphatic heterocycles. The first kappa shape index (κ1) is 20.2. The van der Waals surface area contributed by atoms with E-state index in [-0.39, 0.29) is 103 Å². The molecule has 1 aliphatic carbocycles. The fourth-order valence-electron chi connectivity index (χ4n) is 2.75. The second kappa shape index (κ2) is 10.1. The molecule has 0 heterocycles. The van der Waals surface area contributed by atoms with Gasteiger partial charge >= 0.3 is 103 Å². The summed E-state index contributed by atoms with van der Waals surface area (Å²) in [4.78, 5) is 0. The quantitative estimate of drug-likeness (QED) is 0.367. The number of benzene rings is 2. The van der Waals surface area contributed by atoms with Crippen LogP contribution in [0.5, 0.6) is 0 Å². The van der Waals surface area contributed by atoms with Crippen LogP contribution in [0.25, 0.3) is 11.1 Å². The van der Waals surface area contributed by atoms with E-state index in [0.29, 0.717) is 0 Å². The molecule has 0 aromatic heterocycles. The average Bonchev–Trinajstić information content (AvgIpc) is 2.77. The monoisotopic (exact) mass is 380 g/mol. The van der Waals surface area contributed by atoms with Crippen LogP contribution in [0.4, 0.5) is 0 Å². The van der Waals surface area contributed by atoms with Crippen LogP contribution in [0.3, 0.4) is 0 Å². The maximum absolute atomic E-state index is 3.49. The van der Waals surface area contributed by atoms with Crippen molar-refractivity contribution < 1.29 is 0 Å². The Labute approximate surface area is 215 Å². The van der Waals surface area contributed by atoms with Gasteiger partial charge in [0.25, 0.3) is 0 Å². The topological polar surface area (TPSA) is 0 Å². The standard InChI is InChI=1S/C17H17Br.2K.2H/c18-10-4-3-5-13-8-9-15-12-14-6-1-2-7-16(14)17(15)11-13;;;;/h1-2,6-9,11H,3-5,10,12H2;;;;. The minimum absolute atomic E-state index is 0. The third kappa shape index (κ3) is 4.84. The van der Waals surface area contributed by atoms with Gasteiger partial charge in [0.1, 0.15) is 0 Å². The number of hydrogen-bond donors (Lipinski definition) is 0. The molecular formula is C17H19BrK2. The Morgan fingerprint density at radius 2 is 1.60 bits per heavy atom. The van der Waals surface area contributed by atoms with Gasteiger partial charge in [-0.1, -0.05) is 58.4 Å².